The van der Waals surface area contributed by atoms with Crippen LogP contribution >= 0.6 is 0 Å². The molecule has 0 heteroatoms. The first kappa shape index (κ1) is 7.85. The fourth-order valence-corrected chi connectivity index (χ4v) is 1.30. The Morgan fingerprint density at radius 3 is 2.08 bits per heavy atom. The molecular formula is C12H18. The summed E-state index contributed by atoms with van der Waals surface area (Å²) in [6.07, 6.45) is 1.92. The van der Waals surface area contributed by atoms with E-state index >= 15 is 0 Å². The summed E-state index contributed by atoms with van der Waals surface area (Å²) in [6.45, 7) is 6.05. The molecule has 1 rings (SSSR count). The predicted molar refractivity (Wildman–Crippen MR) is 54.4 cm³/mol. The van der Waals surface area contributed by atoms with Crippen LogP contribution in [0, 0.1) is 5.89 Å². The van der Waals surface area contributed by atoms with Gasteiger partial charge in [0.05, 0.1) is 0 Å². The highest BCUT2D eigenvalue weighted by Crippen LogP contribution is 2.09. The number of benzene rings is 1. The Kier molecular flexibility index (Phi) is 2.81. The first-order valence-corrected chi connectivity index (χ1v) is 4.59. The van der Waals surface area contributed by atoms with E-state index < -0.39 is 0 Å². The summed E-state index contributed by atoms with van der Waals surface area (Å²) in [5, 5.41) is 0. The molecular weight excluding hydrogens is 144 g/mol. The lowest BCUT2D eigenvalue weighted by molar-refractivity contribution is 0.647. The van der Waals surface area contributed by atoms with Gasteiger partial charge in [0.15, 0.2) is 0 Å². The predicted octanol–water partition coefficient (Wildman–Crippen LogP) is 3.45. The molecule has 0 heterocycles. The van der Waals surface area contributed by atoms with Gasteiger partial charge in [0.2, 0.25) is 0 Å². The molecule has 0 unspecified atom stereocenters. The molecule has 0 atom stereocenters. The molecule has 1 aromatic rings. The molecule has 12 heavy (non-hydrogen) atoms. The molecule has 0 nitrogen and oxygen atoms in total. The number of aryl methyl sites for hydroxylation is 1. The Balaban J connectivity index is 2.70. The van der Waals surface area contributed by atoms with Crippen molar-refractivity contribution < 1.29 is 1.37 Å². The SMILES string of the molecule is [3H]C(C)(C)Cc1ccc(CC)cc1. The summed E-state index contributed by atoms with van der Waals surface area (Å²) in [5.41, 5.74) is 2.63. The highest BCUT2D eigenvalue weighted by molar-refractivity contribution is 5.22. The van der Waals surface area contributed by atoms with Gasteiger partial charge in [-0.25, -0.2) is 0 Å². The quantitative estimate of drug-likeness (QED) is 0.642. The standard InChI is InChI=1S/C12H18/c1-4-11-5-7-12(8-6-11)9-10(2)3/h5-8,10H,4,9H2,1-3H3/i10T. The van der Waals surface area contributed by atoms with Crippen molar-refractivity contribution in [1.82, 2.24) is 0 Å². The van der Waals surface area contributed by atoms with Crippen molar-refractivity contribution in [2.75, 3.05) is 0 Å². The van der Waals surface area contributed by atoms with Gasteiger partial charge in [-0.3, -0.25) is 0 Å². The molecule has 0 saturated carbocycles. The minimum atomic E-state index is -0.353. The van der Waals surface area contributed by atoms with Gasteiger partial charge in [0.1, 0.15) is 0 Å². The van der Waals surface area contributed by atoms with Crippen LogP contribution in [0.25, 0.3) is 0 Å². The van der Waals surface area contributed by atoms with Gasteiger partial charge in [-0.05, 0) is 29.9 Å². The lowest BCUT2D eigenvalue weighted by atomic mass is 10.0. The smallest absolute Gasteiger partial charge is 0.0300 e. The molecule has 0 radical (unpaired) electrons. The van der Waals surface area contributed by atoms with Crippen molar-refractivity contribution >= 4 is 0 Å². The van der Waals surface area contributed by atoms with E-state index in [4.69, 9.17) is 1.37 Å². The van der Waals surface area contributed by atoms with Crippen LogP contribution < -0.4 is 0 Å². The van der Waals surface area contributed by atoms with Crippen molar-refractivity contribution in [2.24, 2.45) is 5.89 Å². The Labute approximate surface area is 77.0 Å². The van der Waals surface area contributed by atoms with E-state index in [0.717, 1.165) is 12.8 Å². The van der Waals surface area contributed by atoms with Crippen molar-refractivity contribution in [3.8, 4) is 0 Å². The molecule has 0 fully saturated rings. The minimum Gasteiger partial charge on any atom is -0.0625 e. The maximum atomic E-state index is 7.77. The normalized spacial score (nSPS) is 12.8. The summed E-state index contributed by atoms with van der Waals surface area (Å²) in [7, 11) is 0. The van der Waals surface area contributed by atoms with Gasteiger partial charge in [-0.2, -0.15) is 0 Å². The Morgan fingerprint density at radius 1 is 1.17 bits per heavy atom. The monoisotopic (exact) mass is 164 g/mol. The molecule has 0 spiro atoms. The first-order chi connectivity index (χ1) is 6.01. The van der Waals surface area contributed by atoms with Crippen LogP contribution in [0.2, 0.25) is 0 Å². The molecule has 0 aliphatic heterocycles. The molecule has 0 aliphatic carbocycles. The molecule has 0 aromatic heterocycles. The fourth-order valence-electron chi connectivity index (χ4n) is 1.30. The van der Waals surface area contributed by atoms with Crippen LogP contribution in [-0.2, 0) is 12.8 Å². The third-order valence-corrected chi connectivity index (χ3v) is 1.99. The summed E-state index contributed by atoms with van der Waals surface area (Å²) in [6, 6.07) is 8.58. The van der Waals surface area contributed by atoms with E-state index in [1.807, 2.05) is 13.8 Å². The van der Waals surface area contributed by atoms with E-state index in [2.05, 4.69) is 31.2 Å². The van der Waals surface area contributed by atoms with Crippen molar-refractivity contribution in [3.05, 3.63) is 35.4 Å². The number of rotatable bonds is 3. The van der Waals surface area contributed by atoms with Crippen molar-refractivity contribution in [1.29, 1.82) is 0 Å². The number of hydrogen-bond donors (Lipinski definition) is 0. The lowest BCUT2D eigenvalue weighted by Gasteiger charge is -2.05. The third-order valence-electron chi connectivity index (χ3n) is 1.99. The molecule has 0 aliphatic rings. The van der Waals surface area contributed by atoms with E-state index in [0.29, 0.717) is 0 Å². The van der Waals surface area contributed by atoms with Crippen molar-refractivity contribution in [3.63, 3.8) is 0 Å². The maximum Gasteiger partial charge on any atom is 0.0300 e. The second-order valence-corrected chi connectivity index (χ2v) is 3.55. The summed E-state index contributed by atoms with van der Waals surface area (Å²) in [5.74, 6) is -0.353. The lowest BCUT2D eigenvalue weighted by Crippen LogP contribution is -1.93. The fraction of sp³-hybridized carbons (Fsp3) is 0.500. The molecule has 1 aromatic carbocycles. The summed E-state index contributed by atoms with van der Waals surface area (Å²) >= 11 is 0. The first-order valence-electron chi connectivity index (χ1n) is 5.09. The van der Waals surface area contributed by atoms with E-state index in [-0.39, 0.29) is 5.89 Å². The summed E-state index contributed by atoms with van der Waals surface area (Å²) < 4.78 is 7.77. The van der Waals surface area contributed by atoms with Gasteiger partial charge in [0, 0.05) is 1.37 Å². The van der Waals surface area contributed by atoms with Crippen LogP contribution in [0.4, 0.5) is 0 Å². The Bertz CT molecular complexity index is 253. The highest BCUT2D eigenvalue weighted by Gasteiger charge is 1.96. The van der Waals surface area contributed by atoms with Crippen LogP contribution in [0.1, 0.15) is 33.3 Å². The molecule has 0 amide bonds. The van der Waals surface area contributed by atoms with E-state index in [1.54, 1.807) is 0 Å². The van der Waals surface area contributed by atoms with E-state index in [9.17, 15) is 0 Å². The maximum absolute atomic E-state index is 7.77. The molecule has 0 bridgehead atoms. The van der Waals surface area contributed by atoms with Crippen LogP contribution in [0.3, 0.4) is 0 Å². The van der Waals surface area contributed by atoms with Gasteiger partial charge in [-0.15, -0.1) is 0 Å². The zero-order valence-electron chi connectivity index (χ0n) is 9.22. The van der Waals surface area contributed by atoms with Gasteiger partial charge < -0.3 is 0 Å². The second kappa shape index (κ2) is 4.30. The van der Waals surface area contributed by atoms with Crippen molar-refractivity contribution in [2.45, 2.75) is 33.6 Å². The zero-order chi connectivity index (χ0) is 9.90. The van der Waals surface area contributed by atoms with Gasteiger partial charge >= 0.3 is 0 Å². The average Bonchev–Trinajstić information content (AvgIpc) is 2.03. The zero-order valence-corrected chi connectivity index (χ0v) is 8.22. The van der Waals surface area contributed by atoms with Gasteiger partial charge in [-0.1, -0.05) is 45.0 Å². The van der Waals surface area contributed by atoms with Crippen LogP contribution in [0.15, 0.2) is 24.3 Å². The number of hydrogen-bond acceptors (Lipinski definition) is 0. The highest BCUT2D eigenvalue weighted by atomic mass is 14.0. The summed E-state index contributed by atoms with van der Waals surface area (Å²) in [4.78, 5) is 0. The Morgan fingerprint density at radius 2 is 1.67 bits per heavy atom. The third kappa shape index (κ3) is 2.69. The Hall–Kier alpha value is -0.780. The second-order valence-electron chi connectivity index (χ2n) is 3.55. The molecule has 66 valence electrons. The largest absolute Gasteiger partial charge is 0.0625 e. The topological polar surface area (TPSA) is 0 Å². The van der Waals surface area contributed by atoms with E-state index in [1.165, 1.54) is 11.1 Å². The van der Waals surface area contributed by atoms with Crippen LogP contribution in [0.5, 0.6) is 0 Å². The van der Waals surface area contributed by atoms with Crippen LogP contribution in [-0.4, -0.2) is 0 Å². The molecule has 0 saturated heterocycles. The minimum absolute atomic E-state index is 0.353. The average molecular weight is 164 g/mol. The van der Waals surface area contributed by atoms with Gasteiger partial charge in [0.25, 0.3) is 0 Å². The molecule has 0 N–H and O–H groups in total.